The quantitative estimate of drug-likeness (QED) is 0.610. The average Bonchev–Trinajstić information content (AvgIpc) is 2.75. The number of aromatic nitrogens is 1. The molecular formula is C24H27NO3. The van der Waals surface area contributed by atoms with Crippen LogP contribution in [0.1, 0.15) is 54.1 Å². The van der Waals surface area contributed by atoms with Crippen LogP contribution in [0.5, 0.6) is 0 Å². The summed E-state index contributed by atoms with van der Waals surface area (Å²) in [5.41, 5.74) is 4.52. The van der Waals surface area contributed by atoms with Crippen LogP contribution in [0.25, 0.3) is 11.1 Å². The number of aliphatic hydroxyl groups excluding tert-OH is 1. The highest BCUT2D eigenvalue weighted by Crippen LogP contribution is 2.28. The van der Waals surface area contributed by atoms with Gasteiger partial charge in [-0.3, -0.25) is 4.98 Å². The molecule has 0 amide bonds. The molecule has 146 valence electrons. The summed E-state index contributed by atoms with van der Waals surface area (Å²) in [5.74, 6) is -0.407. The van der Waals surface area contributed by atoms with Gasteiger partial charge in [0.1, 0.15) is 6.10 Å². The number of esters is 1. The van der Waals surface area contributed by atoms with Crippen molar-refractivity contribution in [1.82, 2.24) is 4.98 Å². The minimum atomic E-state index is -0.922. The summed E-state index contributed by atoms with van der Waals surface area (Å²) in [6.07, 6.45) is 0.712. The molecule has 3 aromatic rings. The lowest BCUT2D eigenvalue weighted by Crippen LogP contribution is -2.08. The number of pyridine rings is 1. The van der Waals surface area contributed by atoms with Gasteiger partial charge in [-0.25, -0.2) is 4.79 Å². The molecule has 0 saturated carbocycles. The molecule has 28 heavy (non-hydrogen) atoms. The summed E-state index contributed by atoms with van der Waals surface area (Å²) in [5, 5.41) is 10.7. The van der Waals surface area contributed by atoms with Crippen LogP contribution in [0.2, 0.25) is 0 Å². The maximum Gasteiger partial charge on any atom is 0.338 e. The Hall–Kier alpha value is -2.98. The first kappa shape index (κ1) is 21.3. The van der Waals surface area contributed by atoms with Crippen LogP contribution in [-0.2, 0) is 4.74 Å². The van der Waals surface area contributed by atoms with Crippen molar-refractivity contribution in [2.75, 3.05) is 6.61 Å². The highest BCUT2D eigenvalue weighted by molar-refractivity contribution is 5.91. The summed E-state index contributed by atoms with van der Waals surface area (Å²) >= 11 is 0. The van der Waals surface area contributed by atoms with Gasteiger partial charge >= 0.3 is 5.97 Å². The third kappa shape index (κ3) is 5.27. The van der Waals surface area contributed by atoms with E-state index < -0.39 is 12.1 Å². The van der Waals surface area contributed by atoms with Crippen LogP contribution in [0.4, 0.5) is 0 Å². The van der Waals surface area contributed by atoms with Crippen LogP contribution in [0, 0.1) is 6.92 Å². The second-order valence-corrected chi connectivity index (χ2v) is 6.09. The zero-order valence-electron chi connectivity index (χ0n) is 16.8. The Kier molecular flexibility index (Phi) is 7.90. The van der Waals surface area contributed by atoms with Gasteiger partial charge in [-0.2, -0.15) is 0 Å². The van der Waals surface area contributed by atoms with Crippen LogP contribution in [-0.4, -0.2) is 22.7 Å². The van der Waals surface area contributed by atoms with Crippen molar-refractivity contribution in [3.8, 4) is 11.1 Å². The number of carbonyl (C=O) groups is 1. The summed E-state index contributed by atoms with van der Waals surface area (Å²) in [6, 6.07) is 18.7. The molecule has 0 bridgehead atoms. The van der Waals surface area contributed by atoms with Gasteiger partial charge in [-0.05, 0) is 60.9 Å². The molecule has 1 unspecified atom stereocenters. The van der Waals surface area contributed by atoms with Gasteiger partial charge in [0.2, 0.25) is 0 Å². The van der Waals surface area contributed by atoms with E-state index >= 15 is 0 Å². The van der Waals surface area contributed by atoms with Gasteiger partial charge in [0, 0.05) is 6.20 Å². The van der Waals surface area contributed by atoms with Crippen molar-refractivity contribution in [1.29, 1.82) is 0 Å². The molecule has 4 heteroatoms. The minimum absolute atomic E-state index is 0.297. The van der Waals surface area contributed by atoms with Crippen LogP contribution < -0.4 is 0 Å². The summed E-state index contributed by atoms with van der Waals surface area (Å²) in [6.45, 7) is 8.09. The van der Waals surface area contributed by atoms with Crippen molar-refractivity contribution >= 4 is 5.97 Å². The van der Waals surface area contributed by atoms with Crippen LogP contribution in [0.15, 0.2) is 66.9 Å². The molecule has 0 fully saturated rings. The fraction of sp³-hybridized carbons (Fsp3) is 0.250. The van der Waals surface area contributed by atoms with E-state index in [9.17, 15) is 9.90 Å². The Balaban J connectivity index is 0.00000136. The maximum absolute atomic E-state index is 12.3. The van der Waals surface area contributed by atoms with Gasteiger partial charge in [-0.15, -0.1) is 0 Å². The largest absolute Gasteiger partial charge is 0.462 e. The lowest BCUT2D eigenvalue weighted by molar-refractivity contribution is 0.0526. The number of ether oxygens (including phenoxy) is 1. The minimum Gasteiger partial charge on any atom is -0.462 e. The molecule has 0 saturated heterocycles. The molecule has 0 aliphatic rings. The first-order valence-corrected chi connectivity index (χ1v) is 9.56. The Bertz CT molecular complexity index is 889. The monoisotopic (exact) mass is 377 g/mol. The fourth-order valence-corrected chi connectivity index (χ4v) is 2.76. The van der Waals surface area contributed by atoms with Gasteiger partial charge in [0.15, 0.2) is 0 Å². The predicted molar refractivity (Wildman–Crippen MR) is 112 cm³/mol. The van der Waals surface area contributed by atoms with E-state index in [-0.39, 0.29) is 0 Å². The number of carbonyl (C=O) groups excluding carboxylic acids is 1. The van der Waals surface area contributed by atoms with Gasteiger partial charge in [-0.1, -0.05) is 49.7 Å². The van der Waals surface area contributed by atoms with Crippen molar-refractivity contribution in [3.63, 3.8) is 0 Å². The lowest BCUT2D eigenvalue weighted by Gasteiger charge is -2.14. The Morgan fingerprint density at radius 3 is 2.36 bits per heavy atom. The van der Waals surface area contributed by atoms with Crippen LogP contribution in [0.3, 0.4) is 0 Å². The predicted octanol–water partition coefficient (Wildman–Crippen LogP) is 5.34. The SMILES string of the molecule is CC.CCOC(=O)c1cc(-c2ccc(C)cc2)cc(C(O)c2ccccn2)c1. The highest BCUT2D eigenvalue weighted by atomic mass is 16.5. The van der Waals surface area contributed by atoms with E-state index in [0.29, 0.717) is 23.4 Å². The number of hydrogen-bond acceptors (Lipinski definition) is 4. The van der Waals surface area contributed by atoms with Crippen LogP contribution >= 0.6 is 0 Å². The topological polar surface area (TPSA) is 59.4 Å². The molecule has 4 nitrogen and oxygen atoms in total. The Morgan fingerprint density at radius 2 is 1.75 bits per heavy atom. The molecule has 3 rings (SSSR count). The van der Waals surface area contributed by atoms with Gasteiger partial charge in [0.25, 0.3) is 0 Å². The Labute approximate surface area is 166 Å². The normalized spacial score (nSPS) is 11.2. The van der Waals surface area contributed by atoms with Crippen molar-refractivity contribution in [2.24, 2.45) is 0 Å². The third-order valence-electron chi connectivity index (χ3n) is 4.14. The van der Waals surface area contributed by atoms with E-state index in [1.165, 1.54) is 0 Å². The average molecular weight is 377 g/mol. The molecule has 1 aromatic heterocycles. The maximum atomic E-state index is 12.3. The standard InChI is InChI=1S/C22H21NO3.C2H6/c1-3-26-22(25)19-13-17(16-9-7-15(2)8-10-16)12-18(14-19)21(24)20-6-4-5-11-23-20;1-2/h4-14,21,24H,3H2,1-2H3;1-2H3. The number of aryl methyl sites for hydroxylation is 1. The molecule has 2 aromatic carbocycles. The summed E-state index contributed by atoms with van der Waals surface area (Å²) in [7, 11) is 0. The fourth-order valence-electron chi connectivity index (χ4n) is 2.76. The highest BCUT2D eigenvalue weighted by Gasteiger charge is 2.17. The molecule has 0 radical (unpaired) electrons. The zero-order chi connectivity index (χ0) is 20.5. The first-order valence-electron chi connectivity index (χ1n) is 9.56. The summed E-state index contributed by atoms with van der Waals surface area (Å²) in [4.78, 5) is 16.5. The smallest absolute Gasteiger partial charge is 0.338 e. The lowest BCUT2D eigenvalue weighted by atomic mass is 9.95. The van der Waals surface area contributed by atoms with E-state index in [1.807, 2.05) is 57.2 Å². The second kappa shape index (κ2) is 10.4. The number of benzene rings is 2. The van der Waals surface area contributed by atoms with E-state index in [2.05, 4.69) is 4.98 Å². The van der Waals surface area contributed by atoms with Gasteiger partial charge < -0.3 is 9.84 Å². The molecular weight excluding hydrogens is 350 g/mol. The number of aliphatic hydroxyl groups is 1. The molecule has 1 heterocycles. The number of nitrogens with zero attached hydrogens (tertiary/aromatic N) is 1. The van der Waals surface area contributed by atoms with E-state index in [1.54, 1.807) is 37.4 Å². The Morgan fingerprint density at radius 1 is 1.04 bits per heavy atom. The molecule has 0 aliphatic heterocycles. The van der Waals surface area contributed by atoms with Crippen molar-refractivity contribution in [2.45, 2.75) is 33.8 Å². The number of hydrogen-bond donors (Lipinski definition) is 1. The summed E-state index contributed by atoms with van der Waals surface area (Å²) < 4.78 is 5.14. The second-order valence-electron chi connectivity index (χ2n) is 6.09. The molecule has 1 N–H and O–H groups in total. The molecule has 0 spiro atoms. The van der Waals surface area contributed by atoms with E-state index in [0.717, 1.165) is 16.7 Å². The van der Waals surface area contributed by atoms with Crippen molar-refractivity contribution in [3.05, 3.63) is 89.2 Å². The first-order chi connectivity index (χ1) is 13.6. The third-order valence-corrected chi connectivity index (χ3v) is 4.14. The van der Waals surface area contributed by atoms with Crippen molar-refractivity contribution < 1.29 is 14.6 Å². The zero-order valence-corrected chi connectivity index (χ0v) is 16.8. The molecule has 1 atom stereocenters. The number of rotatable bonds is 5. The van der Waals surface area contributed by atoms with Gasteiger partial charge in [0.05, 0.1) is 17.9 Å². The van der Waals surface area contributed by atoms with E-state index in [4.69, 9.17) is 4.74 Å². The molecule has 0 aliphatic carbocycles.